The van der Waals surface area contributed by atoms with Crippen LogP contribution in [0.4, 0.5) is 4.39 Å². The molecule has 2 rings (SSSR count). The minimum Gasteiger partial charge on any atom is -0.508 e. The summed E-state index contributed by atoms with van der Waals surface area (Å²) in [5.74, 6) is 0.252. The van der Waals surface area contributed by atoms with Crippen LogP contribution in [0.5, 0.6) is 11.5 Å². The van der Waals surface area contributed by atoms with Gasteiger partial charge in [-0.25, -0.2) is 4.39 Å². The zero-order valence-electron chi connectivity index (χ0n) is 9.43. The van der Waals surface area contributed by atoms with Crippen molar-refractivity contribution in [1.29, 1.82) is 5.26 Å². The van der Waals surface area contributed by atoms with Crippen LogP contribution >= 0.6 is 0 Å². The Bertz CT molecular complexity index is 588. The molecule has 0 amide bonds. The fraction of sp³-hybridized carbons (Fsp3) is 0.0714. The van der Waals surface area contributed by atoms with Gasteiger partial charge < -0.3 is 9.84 Å². The number of rotatable bonds is 3. The summed E-state index contributed by atoms with van der Waals surface area (Å²) in [4.78, 5) is 0. The Balaban J connectivity index is 2.10. The van der Waals surface area contributed by atoms with Crippen molar-refractivity contribution in [2.75, 3.05) is 0 Å². The van der Waals surface area contributed by atoms with Gasteiger partial charge in [-0.05, 0) is 42.5 Å². The van der Waals surface area contributed by atoms with Crippen LogP contribution in [0, 0.1) is 17.1 Å². The van der Waals surface area contributed by atoms with Gasteiger partial charge in [0, 0.05) is 5.56 Å². The number of halogens is 1. The third-order valence-corrected chi connectivity index (χ3v) is 2.41. The van der Waals surface area contributed by atoms with Gasteiger partial charge in [0.25, 0.3) is 0 Å². The zero-order valence-corrected chi connectivity index (χ0v) is 9.43. The molecule has 3 nitrogen and oxygen atoms in total. The smallest absolute Gasteiger partial charge is 0.129 e. The van der Waals surface area contributed by atoms with Gasteiger partial charge in [0.15, 0.2) is 0 Å². The van der Waals surface area contributed by atoms with E-state index in [1.165, 1.54) is 30.3 Å². The van der Waals surface area contributed by atoms with Crippen molar-refractivity contribution in [2.24, 2.45) is 0 Å². The van der Waals surface area contributed by atoms with Crippen molar-refractivity contribution >= 4 is 0 Å². The number of aromatic hydroxyl groups is 1. The van der Waals surface area contributed by atoms with E-state index in [9.17, 15) is 4.39 Å². The first-order chi connectivity index (χ1) is 8.69. The monoisotopic (exact) mass is 243 g/mol. The van der Waals surface area contributed by atoms with E-state index in [1.54, 1.807) is 12.1 Å². The van der Waals surface area contributed by atoms with E-state index in [1.807, 2.05) is 6.07 Å². The summed E-state index contributed by atoms with van der Waals surface area (Å²) >= 11 is 0. The van der Waals surface area contributed by atoms with Crippen molar-refractivity contribution in [3.63, 3.8) is 0 Å². The van der Waals surface area contributed by atoms with Gasteiger partial charge in [-0.15, -0.1) is 0 Å². The molecule has 0 heterocycles. The molecule has 0 aliphatic carbocycles. The lowest BCUT2D eigenvalue weighted by Crippen LogP contribution is -1.99. The number of ether oxygens (including phenoxy) is 1. The lowest BCUT2D eigenvalue weighted by atomic mass is 10.1. The van der Waals surface area contributed by atoms with Crippen LogP contribution in [0.15, 0.2) is 42.5 Å². The fourth-order valence-corrected chi connectivity index (χ4v) is 1.46. The number of hydrogen-bond acceptors (Lipinski definition) is 3. The Labute approximate surface area is 104 Å². The molecule has 0 unspecified atom stereocenters. The minimum atomic E-state index is -0.409. The normalized spacial score (nSPS) is 9.78. The summed E-state index contributed by atoms with van der Waals surface area (Å²) in [6.45, 7) is 0.0339. The van der Waals surface area contributed by atoms with Crippen LogP contribution < -0.4 is 4.74 Å². The molecule has 0 aromatic heterocycles. The number of nitriles is 1. The average molecular weight is 243 g/mol. The maximum atomic E-state index is 13.4. The predicted molar refractivity (Wildman–Crippen MR) is 63.6 cm³/mol. The van der Waals surface area contributed by atoms with Crippen LogP contribution in [0.25, 0.3) is 0 Å². The number of phenols is 1. The number of nitrogens with zero attached hydrogens (tertiary/aromatic N) is 1. The standard InChI is InChI=1S/C14H10FNO2/c15-14-6-1-10(8-16)7-11(14)9-18-13-4-2-12(17)3-5-13/h1-7,17H,9H2. The first-order valence-electron chi connectivity index (χ1n) is 5.29. The summed E-state index contributed by atoms with van der Waals surface area (Å²) in [6, 6.07) is 12.2. The third kappa shape index (κ3) is 2.77. The van der Waals surface area contributed by atoms with Crippen molar-refractivity contribution < 1.29 is 14.2 Å². The van der Waals surface area contributed by atoms with E-state index < -0.39 is 5.82 Å². The lowest BCUT2D eigenvalue weighted by molar-refractivity contribution is 0.299. The Morgan fingerprint density at radius 2 is 1.89 bits per heavy atom. The molecule has 18 heavy (non-hydrogen) atoms. The number of hydrogen-bond donors (Lipinski definition) is 1. The van der Waals surface area contributed by atoms with E-state index >= 15 is 0 Å². The topological polar surface area (TPSA) is 53.2 Å². The number of benzene rings is 2. The summed E-state index contributed by atoms with van der Waals surface area (Å²) in [5.41, 5.74) is 0.711. The maximum Gasteiger partial charge on any atom is 0.129 e. The lowest BCUT2D eigenvalue weighted by Gasteiger charge is -2.07. The van der Waals surface area contributed by atoms with E-state index in [0.29, 0.717) is 16.9 Å². The average Bonchev–Trinajstić information content (AvgIpc) is 2.40. The highest BCUT2D eigenvalue weighted by Gasteiger charge is 2.04. The van der Waals surface area contributed by atoms with Crippen LogP contribution in [-0.2, 0) is 6.61 Å². The van der Waals surface area contributed by atoms with Gasteiger partial charge in [-0.3, -0.25) is 0 Å². The molecule has 1 N–H and O–H groups in total. The van der Waals surface area contributed by atoms with E-state index in [0.717, 1.165) is 0 Å². The Hall–Kier alpha value is -2.54. The summed E-state index contributed by atoms with van der Waals surface area (Å²) < 4.78 is 18.8. The van der Waals surface area contributed by atoms with Gasteiger partial charge in [-0.2, -0.15) is 5.26 Å². The van der Waals surface area contributed by atoms with Crippen molar-refractivity contribution in [2.45, 2.75) is 6.61 Å². The quantitative estimate of drug-likeness (QED) is 0.901. The molecule has 4 heteroatoms. The largest absolute Gasteiger partial charge is 0.508 e. The van der Waals surface area contributed by atoms with Crippen LogP contribution in [0.3, 0.4) is 0 Å². The summed E-state index contributed by atoms with van der Waals surface area (Å²) in [7, 11) is 0. The first-order valence-corrected chi connectivity index (χ1v) is 5.29. The van der Waals surface area contributed by atoms with Crippen molar-refractivity contribution in [3.8, 4) is 17.6 Å². The molecular weight excluding hydrogens is 233 g/mol. The molecular formula is C14H10FNO2. The maximum absolute atomic E-state index is 13.4. The molecule has 2 aromatic rings. The van der Waals surface area contributed by atoms with Crippen LogP contribution in [-0.4, -0.2) is 5.11 Å². The second-order valence-electron chi connectivity index (χ2n) is 3.70. The van der Waals surface area contributed by atoms with E-state index in [4.69, 9.17) is 15.1 Å². The van der Waals surface area contributed by atoms with Crippen molar-refractivity contribution in [1.82, 2.24) is 0 Å². The first kappa shape index (κ1) is 11.9. The Morgan fingerprint density at radius 3 is 2.56 bits per heavy atom. The fourth-order valence-electron chi connectivity index (χ4n) is 1.46. The van der Waals surface area contributed by atoms with Gasteiger partial charge in [0.2, 0.25) is 0 Å². The number of phenolic OH excluding ortho intramolecular Hbond substituents is 1. The molecule has 0 aliphatic rings. The SMILES string of the molecule is N#Cc1ccc(F)c(COc2ccc(O)cc2)c1. The van der Waals surface area contributed by atoms with Gasteiger partial charge >= 0.3 is 0 Å². The van der Waals surface area contributed by atoms with Gasteiger partial charge in [0.05, 0.1) is 11.6 Å². The minimum absolute atomic E-state index is 0.0339. The highest BCUT2D eigenvalue weighted by atomic mass is 19.1. The second kappa shape index (κ2) is 5.19. The molecule has 0 radical (unpaired) electrons. The second-order valence-corrected chi connectivity index (χ2v) is 3.70. The molecule has 90 valence electrons. The molecule has 0 aliphatic heterocycles. The molecule has 0 atom stereocenters. The zero-order chi connectivity index (χ0) is 13.0. The molecule has 0 saturated carbocycles. The molecule has 2 aromatic carbocycles. The third-order valence-electron chi connectivity index (χ3n) is 2.41. The van der Waals surface area contributed by atoms with Crippen LogP contribution in [0.1, 0.15) is 11.1 Å². The highest BCUT2D eigenvalue weighted by molar-refractivity contribution is 5.34. The van der Waals surface area contributed by atoms with Crippen LogP contribution in [0.2, 0.25) is 0 Å². The van der Waals surface area contributed by atoms with Gasteiger partial charge in [-0.1, -0.05) is 0 Å². The highest BCUT2D eigenvalue weighted by Crippen LogP contribution is 2.18. The predicted octanol–water partition coefficient (Wildman–Crippen LogP) is 2.98. The Kier molecular flexibility index (Phi) is 3.44. The van der Waals surface area contributed by atoms with E-state index in [2.05, 4.69) is 0 Å². The molecule has 0 spiro atoms. The van der Waals surface area contributed by atoms with Gasteiger partial charge in [0.1, 0.15) is 23.9 Å². The summed E-state index contributed by atoms with van der Waals surface area (Å²) in [6.07, 6.45) is 0. The van der Waals surface area contributed by atoms with Crippen molar-refractivity contribution in [3.05, 3.63) is 59.4 Å². The van der Waals surface area contributed by atoms with E-state index in [-0.39, 0.29) is 12.4 Å². The Morgan fingerprint density at radius 1 is 1.17 bits per heavy atom. The molecule has 0 bridgehead atoms. The molecule has 0 saturated heterocycles. The molecule has 0 fully saturated rings. The summed E-state index contributed by atoms with van der Waals surface area (Å²) in [5, 5.41) is 17.8.